The number of hydrogen-bond acceptors (Lipinski definition) is 7. The number of nitrogens with zero attached hydrogens (tertiary/aromatic N) is 2. The predicted octanol–water partition coefficient (Wildman–Crippen LogP) is 3.09. The Kier molecular flexibility index (Phi) is 4.15. The highest BCUT2D eigenvalue weighted by molar-refractivity contribution is 7.20. The van der Waals surface area contributed by atoms with Crippen LogP contribution in [0.3, 0.4) is 0 Å². The average molecular weight is 329 g/mol. The zero-order chi connectivity index (χ0) is 16.2. The van der Waals surface area contributed by atoms with Crippen molar-refractivity contribution in [1.82, 2.24) is 9.97 Å². The zero-order valence-corrected chi connectivity index (χ0v) is 12.8. The first kappa shape index (κ1) is 14.9. The number of hydrogen-bond donors (Lipinski definition) is 1. The van der Waals surface area contributed by atoms with E-state index in [2.05, 4.69) is 20.0 Å². The van der Waals surface area contributed by atoms with E-state index in [1.165, 1.54) is 18.4 Å². The molecule has 1 aromatic carbocycles. The minimum Gasteiger partial charge on any atom is -0.453 e. The lowest BCUT2D eigenvalue weighted by Gasteiger charge is -2.05. The molecule has 0 aliphatic rings. The minimum atomic E-state index is -0.571. The Hall–Kier alpha value is -3.00. The van der Waals surface area contributed by atoms with E-state index in [0.29, 0.717) is 17.0 Å². The molecule has 0 radical (unpaired) electrons. The van der Waals surface area contributed by atoms with Crippen LogP contribution in [0, 0.1) is 0 Å². The van der Waals surface area contributed by atoms with Crippen molar-refractivity contribution in [2.24, 2.45) is 0 Å². The first-order valence-electron chi connectivity index (χ1n) is 6.53. The number of ether oxygens (including phenoxy) is 2. The summed E-state index contributed by atoms with van der Waals surface area (Å²) in [5.74, 6) is -0.192. The van der Waals surface area contributed by atoms with Gasteiger partial charge >= 0.3 is 12.1 Å². The van der Waals surface area contributed by atoms with Crippen molar-refractivity contribution in [2.75, 3.05) is 12.4 Å². The summed E-state index contributed by atoms with van der Waals surface area (Å²) in [5, 5.41) is 2.76. The van der Waals surface area contributed by atoms with Crippen LogP contribution in [-0.4, -0.2) is 29.1 Å². The second-order valence-corrected chi connectivity index (χ2v) is 5.42. The second-order valence-electron chi connectivity index (χ2n) is 4.39. The molecule has 3 rings (SSSR count). The van der Waals surface area contributed by atoms with E-state index in [1.54, 1.807) is 42.7 Å². The lowest BCUT2D eigenvalue weighted by atomic mass is 10.3. The van der Waals surface area contributed by atoms with Gasteiger partial charge in [0.15, 0.2) is 0 Å². The second kappa shape index (κ2) is 6.41. The summed E-state index contributed by atoms with van der Waals surface area (Å²) in [4.78, 5) is 31.3. The van der Waals surface area contributed by atoms with Gasteiger partial charge in [-0.05, 0) is 30.3 Å². The molecule has 7 nitrogen and oxygen atoms in total. The summed E-state index contributed by atoms with van der Waals surface area (Å²) in [6.45, 7) is 0. The van der Waals surface area contributed by atoms with Crippen molar-refractivity contribution < 1.29 is 19.1 Å². The molecule has 0 saturated heterocycles. The Morgan fingerprint density at radius 2 is 1.96 bits per heavy atom. The normalized spacial score (nSPS) is 10.3. The first-order chi connectivity index (χ1) is 11.2. The maximum atomic E-state index is 12.1. The van der Waals surface area contributed by atoms with E-state index in [4.69, 9.17) is 4.74 Å². The predicted molar refractivity (Wildman–Crippen MR) is 84.8 cm³/mol. The molecule has 0 fully saturated rings. The molecule has 0 aliphatic heterocycles. The summed E-state index contributed by atoms with van der Waals surface area (Å²) in [5.41, 5.74) is 1.18. The number of aromatic nitrogens is 2. The highest BCUT2D eigenvalue weighted by Crippen LogP contribution is 2.23. The maximum absolute atomic E-state index is 12.1. The number of pyridine rings is 1. The fourth-order valence-corrected chi connectivity index (χ4v) is 2.60. The van der Waals surface area contributed by atoms with Crippen LogP contribution in [0.4, 0.5) is 10.5 Å². The molecular weight excluding hydrogens is 318 g/mol. The highest BCUT2D eigenvalue weighted by Gasteiger charge is 2.14. The number of thiazole rings is 1. The van der Waals surface area contributed by atoms with Crippen LogP contribution < -0.4 is 10.1 Å². The van der Waals surface area contributed by atoms with Crippen molar-refractivity contribution in [3.05, 3.63) is 47.7 Å². The van der Waals surface area contributed by atoms with Crippen LogP contribution in [0.25, 0.3) is 10.2 Å². The quantitative estimate of drug-likeness (QED) is 0.586. The molecule has 0 atom stereocenters. The molecule has 0 aliphatic carbocycles. The Morgan fingerprint density at radius 1 is 1.17 bits per heavy atom. The van der Waals surface area contributed by atoms with Gasteiger partial charge in [0.1, 0.15) is 11.3 Å². The summed E-state index contributed by atoms with van der Waals surface area (Å²) < 4.78 is 10.6. The number of nitrogens with one attached hydrogen (secondary N) is 1. The highest BCUT2D eigenvalue weighted by atomic mass is 32.1. The third-order valence-electron chi connectivity index (χ3n) is 2.86. The standard InChI is InChI=1S/C15H11N3O4S/c1-21-15(20)17-9-2-4-10(5-3-9)22-14(19)13-18-11-8-16-7-6-12(11)23-13/h2-8H,1H3,(H,17,20). The van der Waals surface area contributed by atoms with Crippen molar-refractivity contribution in [2.45, 2.75) is 0 Å². The van der Waals surface area contributed by atoms with E-state index in [0.717, 1.165) is 4.70 Å². The van der Waals surface area contributed by atoms with Gasteiger partial charge in [-0.2, -0.15) is 0 Å². The molecule has 2 heterocycles. The number of methoxy groups -OCH3 is 1. The summed E-state index contributed by atoms with van der Waals surface area (Å²) in [7, 11) is 1.28. The topological polar surface area (TPSA) is 90.4 Å². The number of fused-ring (bicyclic) bond motifs is 1. The van der Waals surface area contributed by atoms with Crippen LogP contribution >= 0.6 is 11.3 Å². The third kappa shape index (κ3) is 3.43. The molecule has 0 saturated carbocycles. The van der Waals surface area contributed by atoms with Crippen molar-refractivity contribution in [1.29, 1.82) is 0 Å². The molecule has 1 amide bonds. The van der Waals surface area contributed by atoms with Crippen molar-refractivity contribution >= 4 is 39.3 Å². The number of carbonyl (C=O) groups excluding carboxylic acids is 2. The minimum absolute atomic E-state index is 0.254. The van der Waals surface area contributed by atoms with Gasteiger partial charge in [0.05, 0.1) is 18.0 Å². The number of amides is 1. The zero-order valence-electron chi connectivity index (χ0n) is 12.0. The fourth-order valence-electron chi connectivity index (χ4n) is 1.79. The molecule has 116 valence electrons. The van der Waals surface area contributed by atoms with Crippen molar-refractivity contribution in [3.8, 4) is 5.75 Å². The van der Waals surface area contributed by atoms with Crippen LogP contribution in [0.15, 0.2) is 42.7 Å². The lowest BCUT2D eigenvalue weighted by molar-refractivity contribution is 0.0734. The molecular formula is C15H11N3O4S. The van der Waals surface area contributed by atoms with Gasteiger partial charge in [0.2, 0.25) is 5.01 Å². The number of rotatable bonds is 3. The van der Waals surface area contributed by atoms with Gasteiger partial charge in [-0.25, -0.2) is 14.6 Å². The molecule has 3 aromatic rings. The first-order valence-corrected chi connectivity index (χ1v) is 7.35. The van der Waals surface area contributed by atoms with Gasteiger partial charge in [0.25, 0.3) is 0 Å². The van der Waals surface area contributed by atoms with E-state index in [9.17, 15) is 9.59 Å². The van der Waals surface area contributed by atoms with E-state index >= 15 is 0 Å². The Morgan fingerprint density at radius 3 is 2.65 bits per heavy atom. The molecule has 0 bridgehead atoms. The van der Waals surface area contributed by atoms with Gasteiger partial charge in [-0.3, -0.25) is 10.3 Å². The molecule has 1 N–H and O–H groups in total. The van der Waals surface area contributed by atoms with Crippen LogP contribution in [0.2, 0.25) is 0 Å². The summed E-state index contributed by atoms with van der Waals surface area (Å²) in [6, 6.07) is 8.12. The summed E-state index contributed by atoms with van der Waals surface area (Å²) >= 11 is 1.24. The number of benzene rings is 1. The van der Waals surface area contributed by atoms with Crippen LogP contribution in [-0.2, 0) is 4.74 Å². The third-order valence-corrected chi connectivity index (χ3v) is 3.88. The molecule has 2 aromatic heterocycles. The SMILES string of the molecule is COC(=O)Nc1ccc(OC(=O)c2nc3cnccc3s2)cc1. The summed E-state index contributed by atoms with van der Waals surface area (Å²) in [6.07, 6.45) is 2.66. The Labute approximate surface area is 134 Å². The van der Waals surface area contributed by atoms with E-state index in [1.807, 2.05) is 0 Å². The maximum Gasteiger partial charge on any atom is 0.411 e. The fraction of sp³-hybridized carbons (Fsp3) is 0.0667. The van der Waals surface area contributed by atoms with Crippen LogP contribution in [0.1, 0.15) is 9.80 Å². The van der Waals surface area contributed by atoms with E-state index in [-0.39, 0.29) is 5.01 Å². The van der Waals surface area contributed by atoms with Gasteiger partial charge in [-0.1, -0.05) is 0 Å². The average Bonchev–Trinajstić information content (AvgIpc) is 3.00. The number of anilines is 1. The van der Waals surface area contributed by atoms with Crippen molar-refractivity contribution in [3.63, 3.8) is 0 Å². The van der Waals surface area contributed by atoms with Gasteiger partial charge < -0.3 is 9.47 Å². The van der Waals surface area contributed by atoms with Crippen LogP contribution in [0.5, 0.6) is 5.75 Å². The largest absolute Gasteiger partial charge is 0.453 e. The molecule has 0 spiro atoms. The lowest BCUT2D eigenvalue weighted by Crippen LogP contribution is -2.11. The Balaban J connectivity index is 1.71. The van der Waals surface area contributed by atoms with Gasteiger partial charge in [0, 0.05) is 11.9 Å². The van der Waals surface area contributed by atoms with E-state index < -0.39 is 12.1 Å². The number of carbonyl (C=O) groups is 2. The van der Waals surface area contributed by atoms with Gasteiger partial charge in [-0.15, -0.1) is 11.3 Å². The molecule has 23 heavy (non-hydrogen) atoms. The number of esters is 1. The smallest absolute Gasteiger partial charge is 0.411 e. The molecule has 0 unspecified atom stereocenters. The monoisotopic (exact) mass is 329 g/mol. The molecule has 8 heteroatoms. The Bertz CT molecular complexity index is 828.